The summed E-state index contributed by atoms with van der Waals surface area (Å²) in [7, 11) is 0. The van der Waals surface area contributed by atoms with Crippen LogP contribution in [0, 0.1) is 0 Å². The second-order valence-corrected chi connectivity index (χ2v) is 8.05. The molecule has 0 unspecified atom stereocenters. The number of fused-ring (bicyclic) bond motifs is 3. The number of benzene rings is 3. The molecule has 31 heavy (non-hydrogen) atoms. The van der Waals surface area contributed by atoms with Gasteiger partial charge in [-0.05, 0) is 73.5 Å². The lowest BCUT2D eigenvalue weighted by Crippen LogP contribution is -2.61. The zero-order valence-corrected chi connectivity index (χ0v) is 17.3. The largest absolute Gasteiger partial charge is 0.457 e. The number of piperazine rings is 1. The number of nitrogens with zero attached hydrogens (tertiary/aromatic N) is 1. The van der Waals surface area contributed by atoms with Crippen LogP contribution in [0.25, 0.3) is 0 Å². The fourth-order valence-electron chi connectivity index (χ4n) is 4.29. The van der Waals surface area contributed by atoms with Gasteiger partial charge in [0.05, 0.1) is 0 Å². The third-order valence-electron chi connectivity index (χ3n) is 5.90. The first kappa shape index (κ1) is 19.5. The van der Waals surface area contributed by atoms with E-state index in [9.17, 15) is 4.79 Å². The molecule has 0 radical (unpaired) electrons. The van der Waals surface area contributed by atoms with Gasteiger partial charge in [-0.3, -0.25) is 0 Å². The molecular formula is C25H26N4O2. The lowest BCUT2D eigenvalue weighted by atomic mass is 9.92. The number of amides is 2. The van der Waals surface area contributed by atoms with E-state index in [1.807, 2.05) is 66.7 Å². The molecule has 3 aliphatic rings. The van der Waals surface area contributed by atoms with Crippen LogP contribution < -0.4 is 25.6 Å². The van der Waals surface area contributed by atoms with Gasteiger partial charge >= 0.3 is 6.03 Å². The van der Waals surface area contributed by atoms with E-state index in [0.29, 0.717) is 17.8 Å². The molecule has 0 aliphatic carbocycles. The van der Waals surface area contributed by atoms with Crippen molar-refractivity contribution in [1.29, 1.82) is 0 Å². The van der Waals surface area contributed by atoms with E-state index in [4.69, 9.17) is 4.74 Å². The van der Waals surface area contributed by atoms with Crippen molar-refractivity contribution >= 4 is 23.1 Å². The maximum absolute atomic E-state index is 12.4. The highest BCUT2D eigenvalue weighted by Crippen LogP contribution is 2.29. The lowest BCUT2D eigenvalue weighted by molar-refractivity contribution is 0.262. The Morgan fingerprint density at radius 3 is 2.06 bits per heavy atom. The van der Waals surface area contributed by atoms with Crippen LogP contribution in [-0.4, -0.2) is 31.2 Å². The van der Waals surface area contributed by atoms with E-state index < -0.39 is 0 Å². The normalized spacial score (nSPS) is 19.7. The van der Waals surface area contributed by atoms with Crippen LogP contribution in [0.3, 0.4) is 0 Å². The Labute approximate surface area is 182 Å². The first-order valence-electron chi connectivity index (χ1n) is 10.7. The number of rotatable bonds is 5. The summed E-state index contributed by atoms with van der Waals surface area (Å²) in [6.07, 6.45) is 2.51. The van der Waals surface area contributed by atoms with E-state index in [0.717, 1.165) is 30.3 Å². The summed E-state index contributed by atoms with van der Waals surface area (Å²) < 4.78 is 5.78. The molecule has 0 aromatic heterocycles. The van der Waals surface area contributed by atoms with Crippen molar-refractivity contribution < 1.29 is 9.53 Å². The molecule has 2 atom stereocenters. The van der Waals surface area contributed by atoms with E-state index in [1.165, 1.54) is 18.5 Å². The molecule has 2 bridgehead atoms. The third kappa shape index (κ3) is 4.64. The second-order valence-electron chi connectivity index (χ2n) is 8.05. The molecule has 3 N–H and O–H groups in total. The predicted molar refractivity (Wildman–Crippen MR) is 124 cm³/mol. The van der Waals surface area contributed by atoms with Gasteiger partial charge in [0, 0.05) is 42.2 Å². The summed E-state index contributed by atoms with van der Waals surface area (Å²) in [6, 6.07) is 25.9. The van der Waals surface area contributed by atoms with Gasteiger partial charge in [0.1, 0.15) is 11.5 Å². The first-order valence-corrected chi connectivity index (χ1v) is 10.7. The molecular weight excluding hydrogens is 388 g/mol. The Bertz CT molecular complexity index is 1010. The fourth-order valence-corrected chi connectivity index (χ4v) is 4.29. The minimum absolute atomic E-state index is 0.272. The number of para-hydroxylation sites is 1. The lowest BCUT2D eigenvalue weighted by Gasteiger charge is -2.47. The monoisotopic (exact) mass is 414 g/mol. The summed E-state index contributed by atoms with van der Waals surface area (Å²) in [5, 5.41) is 9.33. The summed E-state index contributed by atoms with van der Waals surface area (Å²) >= 11 is 0. The Kier molecular flexibility index (Phi) is 5.46. The average molecular weight is 415 g/mol. The number of urea groups is 1. The number of carbonyl (C=O) groups is 1. The van der Waals surface area contributed by atoms with Gasteiger partial charge in [-0.15, -0.1) is 0 Å². The molecule has 3 heterocycles. The summed E-state index contributed by atoms with van der Waals surface area (Å²) in [6.45, 7) is 2.12. The van der Waals surface area contributed by atoms with Crippen LogP contribution in [0.2, 0.25) is 0 Å². The van der Waals surface area contributed by atoms with Gasteiger partial charge < -0.3 is 25.6 Å². The summed E-state index contributed by atoms with van der Waals surface area (Å²) in [4.78, 5) is 14.9. The fraction of sp³-hybridized carbons (Fsp3) is 0.240. The van der Waals surface area contributed by atoms with Crippen LogP contribution in [0.1, 0.15) is 12.8 Å². The smallest absolute Gasteiger partial charge is 0.323 e. The van der Waals surface area contributed by atoms with Crippen LogP contribution in [0.5, 0.6) is 11.5 Å². The van der Waals surface area contributed by atoms with Crippen molar-refractivity contribution in [2.45, 2.75) is 24.9 Å². The van der Waals surface area contributed by atoms with Crippen molar-refractivity contribution in [3.05, 3.63) is 78.9 Å². The van der Waals surface area contributed by atoms with Crippen LogP contribution in [-0.2, 0) is 0 Å². The molecule has 3 saturated heterocycles. The highest BCUT2D eigenvalue weighted by molar-refractivity contribution is 5.99. The van der Waals surface area contributed by atoms with Gasteiger partial charge in [-0.2, -0.15) is 0 Å². The molecule has 3 aromatic carbocycles. The van der Waals surface area contributed by atoms with Gasteiger partial charge in [-0.1, -0.05) is 18.2 Å². The number of piperidine rings is 2. The quantitative estimate of drug-likeness (QED) is 0.546. The van der Waals surface area contributed by atoms with Crippen molar-refractivity contribution in [2.24, 2.45) is 0 Å². The van der Waals surface area contributed by atoms with Crippen molar-refractivity contribution in [3.8, 4) is 11.5 Å². The van der Waals surface area contributed by atoms with Gasteiger partial charge in [-0.25, -0.2) is 4.79 Å². The number of carbonyl (C=O) groups excluding carboxylic acids is 1. The molecule has 6 rings (SSSR count). The zero-order chi connectivity index (χ0) is 21.0. The highest BCUT2D eigenvalue weighted by Gasteiger charge is 2.33. The number of nitrogens with one attached hydrogen (secondary N) is 3. The predicted octanol–water partition coefficient (Wildman–Crippen LogP) is 5.06. The van der Waals surface area contributed by atoms with Crippen molar-refractivity contribution in [2.75, 3.05) is 28.6 Å². The number of ether oxygens (including phenoxy) is 1. The highest BCUT2D eigenvalue weighted by atomic mass is 16.5. The van der Waals surface area contributed by atoms with E-state index in [2.05, 4.69) is 33.0 Å². The Balaban J connectivity index is 1.15. The van der Waals surface area contributed by atoms with Gasteiger partial charge in [0.15, 0.2) is 0 Å². The number of hydrogen-bond donors (Lipinski definition) is 3. The third-order valence-corrected chi connectivity index (χ3v) is 5.90. The topological polar surface area (TPSA) is 65.6 Å². The minimum atomic E-state index is -0.272. The molecule has 3 aromatic rings. The SMILES string of the molecule is O=C(Nc1ccc(Oc2ccccc2)cc1)Nc1ccc(N2C[C@@H]3CC[C@H]2CN3)cc1. The molecule has 0 saturated carbocycles. The standard InChI is InChI=1S/C25H26N4O2/c30-25(28-19-9-14-24(15-10-19)31-23-4-2-1-3-5-23)27-18-6-11-21(12-7-18)29-17-20-8-13-22(29)16-26-20/h1-7,9-12,14-15,20,22,26H,8,13,16-17H2,(H2,27,28,30)/t20-,22-/m0/s1. The molecule has 3 fully saturated rings. The molecule has 2 amide bonds. The Morgan fingerprint density at radius 1 is 0.839 bits per heavy atom. The van der Waals surface area contributed by atoms with Crippen molar-refractivity contribution in [3.63, 3.8) is 0 Å². The molecule has 3 aliphatic heterocycles. The summed E-state index contributed by atoms with van der Waals surface area (Å²) in [5.41, 5.74) is 2.69. The average Bonchev–Trinajstić information content (AvgIpc) is 2.82. The summed E-state index contributed by atoms with van der Waals surface area (Å²) in [5.74, 6) is 1.49. The van der Waals surface area contributed by atoms with Crippen LogP contribution in [0.4, 0.5) is 21.9 Å². The maximum Gasteiger partial charge on any atom is 0.323 e. The molecule has 158 valence electrons. The minimum Gasteiger partial charge on any atom is -0.457 e. The Morgan fingerprint density at radius 2 is 1.48 bits per heavy atom. The zero-order valence-electron chi connectivity index (χ0n) is 17.3. The first-order chi connectivity index (χ1) is 15.2. The maximum atomic E-state index is 12.4. The van der Waals surface area contributed by atoms with E-state index >= 15 is 0 Å². The van der Waals surface area contributed by atoms with Gasteiger partial charge in [0.25, 0.3) is 0 Å². The molecule has 0 spiro atoms. The van der Waals surface area contributed by atoms with Crippen LogP contribution in [0.15, 0.2) is 78.9 Å². The van der Waals surface area contributed by atoms with E-state index in [1.54, 1.807) is 0 Å². The van der Waals surface area contributed by atoms with Crippen molar-refractivity contribution in [1.82, 2.24) is 5.32 Å². The Hall–Kier alpha value is -3.51. The number of hydrogen-bond acceptors (Lipinski definition) is 4. The molecule has 6 nitrogen and oxygen atoms in total. The molecule has 6 heteroatoms. The van der Waals surface area contributed by atoms with Crippen LogP contribution >= 0.6 is 0 Å². The number of anilines is 3. The van der Waals surface area contributed by atoms with Gasteiger partial charge in [0.2, 0.25) is 0 Å². The second kappa shape index (κ2) is 8.70. The van der Waals surface area contributed by atoms with E-state index in [-0.39, 0.29) is 6.03 Å².